The number of benzene rings is 1. The second kappa shape index (κ2) is 4.76. The second-order valence-electron chi connectivity index (χ2n) is 3.96. The summed E-state index contributed by atoms with van der Waals surface area (Å²) < 4.78 is 44.5. The Morgan fingerprint density at radius 3 is 2.72 bits per heavy atom. The quantitative estimate of drug-likeness (QED) is 0.782. The van der Waals surface area contributed by atoms with Gasteiger partial charge in [-0.05, 0) is 12.1 Å². The van der Waals surface area contributed by atoms with Crippen molar-refractivity contribution in [3.8, 4) is 5.75 Å². The zero-order valence-corrected chi connectivity index (χ0v) is 9.69. The maximum Gasteiger partial charge on any atom is 0.509 e. The standard InChI is InChI=1S/C11H11BF3N2O/c1-17-7-9(6-16-17)8-18-11-4-2-3-10(5-11)12(13,14)15/h2-7H,8H2,1H3/q-1. The van der Waals surface area contributed by atoms with Crippen molar-refractivity contribution in [1.29, 1.82) is 0 Å². The van der Waals surface area contributed by atoms with Gasteiger partial charge in [0.2, 0.25) is 0 Å². The molecule has 0 atom stereocenters. The minimum Gasteiger partial charge on any atom is -0.489 e. The summed E-state index contributed by atoms with van der Waals surface area (Å²) in [4.78, 5) is 0. The summed E-state index contributed by atoms with van der Waals surface area (Å²) in [5.41, 5.74) is 0.152. The molecule has 0 N–H and O–H groups in total. The monoisotopic (exact) mass is 255 g/mol. The van der Waals surface area contributed by atoms with Crippen molar-refractivity contribution in [2.45, 2.75) is 6.61 Å². The first-order chi connectivity index (χ1) is 8.45. The molecule has 0 spiro atoms. The van der Waals surface area contributed by atoms with Crippen LogP contribution in [0.4, 0.5) is 12.9 Å². The topological polar surface area (TPSA) is 27.1 Å². The lowest BCUT2D eigenvalue weighted by Crippen LogP contribution is -2.33. The van der Waals surface area contributed by atoms with Gasteiger partial charge in [0.05, 0.1) is 6.20 Å². The molecule has 0 aliphatic rings. The van der Waals surface area contributed by atoms with Gasteiger partial charge in [0.15, 0.2) is 0 Å². The number of halogens is 3. The second-order valence-corrected chi connectivity index (χ2v) is 3.96. The molecule has 3 nitrogen and oxygen atoms in total. The Hall–Kier alpha value is -1.92. The van der Waals surface area contributed by atoms with Crippen LogP contribution < -0.4 is 10.2 Å². The Balaban J connectivity index is 2.06. The summed E-state index contributed by atoms with van der Waals surface area (Å²) in [6.07, 6.45) is 3.36. The molecule has 0 unspecified atom stereocenters. The van der Waals surface area contributed by atoms with Crippen LogP contribution in [0.15, 0.2) is 36.7 Å². The molecular formula is C11H11BF3N2O-. The molecule has 96 valence electrons. The first-order valence-electron chi connectivity index (χ1n) is 5.35. The highest BCUT2D eigenvalue weighted by Gasteiger charge is 2.25. The Morgan fingerprint density at radius 2 is 2.11 bits per heavy atom. The number of aryl methyl sites for hydroxylation is 1. The van der Waals surface area contributed by atoms with Crippen molar-refractivity contribution < 1.29 is 17.7 Å². The molecule has 18 heavy (non-hydrogen) atoms. The summed E-state index contributed by atoms with van der Waals surface area (Å²) in [5.74, 6) is 0.204. The molecule has 0 radical (unpaired) electrons. The smallest absolute Gasteiger partial charge is 0.489 e. The third-order valence-electron chi connectivity index (χ3n) is 2.40. The third-order valence-corrected chi connectivity index (χ3v) is 2.40. The van der Waals surface area contributed by atoms with Crippen LogP contribution in [0, 0.1) is 0 Å². The molecule has 0 saturated heterocycles. The summed E-state index contributed by atoms with van der Waals surface area (Å²) in [6.45, 7) is -4.79. The molecule has 2 rings (SSSR count). The van der Waals surface area contributed by atoms with Crippen LogP contribution in [-0.2, 0) is 13.7 Å². The molecule has 1 aromatic heterocycles. The Bertz CT molecular complexity index is 539. The third kappa shape index (κ3) is 3.06. The minimum atomic E-state index is -4.99. The van der Waals surface area contributed by atoms with Crippen molar-refractivity contribution >= 4 is 12.4 Å². The van der Waals surface area contributed by atoms with Gasteiger partial charge in [0, 0.05) is 18.8 Å². The van der Waals surface area contributed by atoms with Crippen molar-refractivity contribution in [1.82, 2.24) is 9.78 Å². The van der Waals surface area contributed by atoms with E-state index < -0.39 is 12.4 Å². The van der Waals surface area contributed by atoms with E-state index in [0.29, 0.717) is 0 Å². The van der Waals surface area contributed by atoms with Gasteiger partial charge in [0.1, 0.15) is 12.4 Å². The van der Waals surface area contributed by atoms with Gasteiger partial charge >= 0.3 is 6.98 Å². The van der Waals surface area contributed by atoms with E-state index in [1.54, 1.807) is 24.1 Å². The van der Waals surface area contributed by atoms with Crippen LogP contribution >= 0.6 is 0 Å². The summed E-state index contributed by atoms with van der Waals surface area (Å²) in [6, 6.07) is 4.89. The largest absolute Gasteiger partial charge is 0.509 e. The molecule has 0 amide bonds. The molecule has 0 bridgehead atoms. The first kappa shape index (κ1) is 12.5. The Kier molecular flexibility index (Phi) is 3.31. The number of ether oxygens (including phenoxy) is 1. The van der Waals surface area contributed by atoms with Gasteiger partial charge in [-0.3, -0.25) is 4.68 Å². The van der Waals surface area contributed by atoms with E-state index in [2.05, 4.69) is 5.10 Å². The van der Waals surface area contributed by atoms with Crippen LogP contribution in [-0.4, -0.2) is 16.8 Å². The van der Waals surface area contributed by atoms with E-state index >= 15 is 0 Å². The van der Waals surface area contributed by atoms with Crippen molar-refractivity contribution in [2.24, 2.45) is 7.05 Å². The van der Waals surface area contributed by atoms with Crippen molar-refractivity contribution in [3.63, 3.8) is 0 Å². The van der Waals surface area contributed by atoms with Crippen molar-refractivity contribution in [2.75, 3.05) is 0 Å². The molecule has 1 heterocycles. The maximum atomic E-state index is 12.5. The summed E-state index contributed by atoms with van der Waals surface area (Å²) >= 11 is 0. The summed E-state index contributed by atoms with van der Waals surface area (Å²) in [5, 5.41) is 3.95. The fourth-order valence-corrected chi connectivity index (χ4v) is 1.52. The molecule has 0 aliphatic heterocycles. The zero-order chi connectivity index (χ0) is 13.2. The zero-order valence-electron chi connectivity index (χ0n) is 9.69. The lowest BCUT2D eigenvalue weighted by Gasteiger charge is -2.15. The minimum absolute atomic E-state index is 0.197. The lowest BCUT2D eigenvalue weighted by atomic mass is 9.80. The van der Waals surface area contributed by atoms with E-state index in [0.717, 1.165) is 17.7 Å². The van der Waals surface area contributed by atoms with E-state index in [4.69, 9.17) is 4.74 Å². The SMILES string of the molecule is Cn1cc(COc2cccc([B-](F)(F)F)c2)cn1. The predicted octanol–water partition coefficient (Wildman–Crippen LogP) is 2.05. The number of hydrogen-bond donors (Lipinski definition) is 0. The fraction of sp³-hybridized carbons (Fsp3) is 0.182. The highest BCUT2D eigenvalue weighted by Crippen LogP contribution is 2.15. The molecule has 7 heteroatoms. The van der Waals surface area contributed by atoms with Gasteiger partial charge in [-0.2, -0.15) is 5.10 Å². The maximum absolute atomic E-state index is 12.5. The van der Waals surface area contributed by atoms with Crippen LogP contribution in [0.1, 0.15) is 5.56 Å². The average Bonchev–Trinajstić information content (AvgIpc) is 2.72. The first-order valence-corrected chi connectivity index (χ1v) is 5.35. The molecule has 0 fully saturated rings. The molecule has 1 aromatic carbocycles. The highest BCUT2D eigenvalue weighted by molar-refractivity contribution is 6.73. The Labute approximate surface area is 102 Å². The fourth-order valence-electron chi connectivity index (χ4n) is 1.52. The van der Waals surface area contributed by atoms with Crippen LogP contribution in [0.25, 0.3) is 0 Å². The van der Waals surface area contributed by atoms with E-state index in [-0.39, 0.29) is 12.4 Å². The van der Waals surface area contributed by atoms with Gasteiger partial charge in [-0.1, -0.05) is 12.1 Å². The predicted molar refractivity (Wildman–Crippen MR) is 62.7 cm³/mol. The van der Waals surface area contributed by atoms with E-state index in [1.807, 2.05) is 0 Å². The normalized spacial score (nSPS) is 11.6. The summed E-state index contributed by atoms with van der Waals surface area (Å²) in [7, 11) is 1.76. The van der Waals surface area contributed by atoms with Crippen LogP contribution in [0.5, 0.6) is 5.75 Å². The molecule has 2 aromatic rings. The number of nitrogens with zero attached hydrogens (tertiary/aromatic N) is 2. The van der Waals surface area contributed by atoms with E-state index in [9.17, 15) is 12.9 Å². The van der Waals surface area contributed by atoms with Crippen LogP contribution in [0.2, 0.25) is 0 Å². The highest BCUT2D eigenvalue weighted by atomic mass is 19.4. The number of hydrogen-bond acceptors (Lipinski definition) is 2. The van der Waals surface area contributed by atoms with Crippen molar-refractivity contribution in [3.05, 3.63) is 42.2 Å². The molecule has 0 aliphatic carbocycles. The van der Waals surface area contributed by atoms with Gasteiger partial charge < -0.3 is 17.7 Å². The van der Waals surface area contributed by atoms with E-state index in [1.165, 1.54) is 12.1 Å². The van der Waals surface area contributed by atoms with Gasteiger partial charge in [-0.15, -0.1) is 5.46 Å². The van der Waals surface area contributed by atoms with Gasteiger partial charge in [0.25, 0.3) is 0 Å². The van der Waals surface area contributed by atoms with Gasteiger partial charge in [-0.25, -0.2) is 0 Å². The van der Waals surface area contributed by atoms with Crippen LogP contribution in [0.3, 0.4) is 0 Å². The average molecular weight is 255 g/mol. The number of aromatic nitrogens is 2. The number of rotatable bonds is 4. The molecular weight excluding hydrogens is 244 g/mol. The molecule has 0 saturated carbocycles. The Morgan fingerprint density at radius 1 is 1.33 bits per heavy atom. The lowest BCUT2D eigenvalue weighted by molar-refractivity contribution is 0.306.